The van der Waals surface area contributed by atoms with Crippen LogP contribution in [0.25, 0.3) is 10.6 Å². The number of rotatable bonds is 7. The number of pyridine rings is 1. The van der Waals surface area contributed by atoms with E-state index >= 15 is 0 Å². The lowest BCUT2D eigenvalue weighted by Gasteiger charge is -2.27. The number of carbonyl (C=O) groups excluding carboxylic acids is 1. The van der Waals surface area contributed by atoms with Gasteiger partial charge in [0, 0.05) is 18.5 Å². The van der Waals surface area contributed by atoms with E-state index in [1.165, 1.54) is 30.6 Å². The first-order valence-electron chi connectivity index (χ1n) is 10.4. The molecular weight excluding hydrogens is 396 g/mol. The number of aromatic nitrogens is 2. The standard InChI is InChI=1S/C23H26N4O2S/c1-2-29-20-9-5-4-8-19(20)23-26-18(16-30-23)14-22(28)25-17-10-11-21(24-15-17)27-12-6-3-7-13-27/h4-5,8-11,15-16H,2-3,6-7,12-14H2,1H3,(H,25,28). The Bertz CT molecular complexity index is 981. The molecule has 0 saturated carbocycles. The molecule has 0 spiro atoms. The fraction of sp³-hybridized carbons (Fsp3) is 0.348. The quantitative estimate of drug-likeness (QED) is 0.594. The first-order valence-corrected chi connectivity index (χ1v) is 11.3. The number of piperidine rings is 1. The Kier molecular flexibility index (Phi) is 6.59. The second-order valence-electron chi connectivity index (χ2n) is 7.25. The second kappa shape index (κ2) is 9.71. The molecule has 3 aromatic rings. The molecule has 7 heteroatoms. The third-order valence-corrected chi connectivity index (χ3v) is 5.95. The fourth-order valence-electron chi connectivity index (χ4n) is 3.58. The lowest BCUT2D eigenvalue weighted by molar-refractivity contribution is -0.115. The minimum atomic E-state index is -0.0996. The first kappa shape index (κ1) is 20.3. The number of hydrogen-bond acceptors (Lipinski definition) is 6. The highest BCUT2D eigenvalue weighted by molar-refractivity contribution is 7.13. The van der Waals surface area contributed by atoms with Crippen molar-refractivity contribution in [2.45, 2.75) is 32.6 Å². The van der Waals surface area contributed by atoms with E-state index in [1.807, 2.05) is 48.7 Å². The predicted octanol–water partition coefficient (Wildman–Crippen LogP) is 4.78. The molecule has 4 rings (SSSR count). The van der Waals surface area contributed by atoms with Crippen LogP contribution in [0, 0.1) is 0 Å². The smallest absolute Gasteiger partial charge is 0.230 e. The molecule has 0 radical (unpaired) electrons. The maximum absolute atomic E-state index is 12.5. The van der Waals surface area contributed by atoms with Crippen molar-refractivity contribution in [3.05, 3.63) is 53.7 Å². The summed E-state index contributed by atoms with van der Waals surface area (Å²) in [6, 6.07) is 11.7. The number of thiazole rings is 1. The van der Waals surface area contributed by atoms with Crippen molar-refractivity contribution in [1.29, 1.82) is 0 Å². The molecule has 1 aliphatic rings. The Morgan fingerprint density at radius 1 is 1.17 bits per heavy atom. The van der Waals surface area contributed by atoms with Gasteiger partial charge in [0.15, 0.2) is 0 Å². The summed E-state index contributed by atoms with van der Waals surface area (Å²) < 4.78 is 5.69. The summed E-state index contributed by atoms with van der Waals surface area (Å²) >= 11 is 1.52. The van der Waals surface area contributed by atoms with Gasteiger partial charge in [0.05, 0.1) is 36.2 Å². The third-order valence-electron chi connectivity index (χ3n) is 5.02. The molecule has 0 unspecified atom stereocenters. The van der Waals surface area contributed by atoms with E-state index in [4.69, 9.17) is 4.74 Å². The molecule has 1 aromatic carbocycles. The Balaban J connectivity index is 1.37. The van der Waals surface area contributed by atoms with Gasteiger partial charge >= 0.3 is 0 Å². The number of amides is 1. The van der Waals surface area contributed by atoms with Crippen molar-refractivity contribution in [1.82, 2.24) is 9.97 Å². The Morgan fingerprint density at radius 3 is 2.77 bits per heavy atom. The zero-order valence-electron chi connectivity index (χ0n) is 17.1. The van der Waals surface area contributed by atoms with E-state index in [2.05, 4.69) is 20.2 Å². The number of hydrogen-bond donors (Lipinski definition) is 1. The molecule has 0 atom stereocenters. The highest BCUT2D eigenvalue weighted by atomic mass is 32.1. The van der Waals surface area contributed by atoms with Crippen LogP contribution in [0.1, 0.15) is 31.9 Å². The Morgan fingerprint density at radius 2 is 2.00 bits per heavy atom. The van der Waals surface area contributed by atoms with Gasteiger partial charge in [-0.1, -0.05) is 12.1 Å². The highest BCUT2D eigenvalue weighted by Crippen LogP contribution is 2.32. The van der Waals surface area contributed by atoms with E-state index in [1.54, 1.807) is 6.20 Å². The monoisotopic (exact) mass is 422 g/mol. The summed E-state index contributed by atoms with van der Waals surface area (Å²) in [6.07, 6.45) is 5.67. The molecule has 1 N–H and O–H groups in total. The van der Waals surface area contributed by atoms with Gasteiger partial charge < -0.3 is 15.0 Å². The number of carbonyl (C=O) groups is 1. The van der Waals surface area contributed by atoms with Crippen LogP contribution in [-0.4, -0.2) is 35.6 Å². The molecule has 3 heterocycles. The summed E-state index contributed by atoms with van der Waals surface area (Å²) in [6.45, 7) is 4.67. The molecular formula is C23H26N4O2S. The lowest BCUT2D eigenvalue weighted by atomic mass is 10.1. The zero-order chi connectivity index (χ0) is 20.8. The molecule has 1 aliphatic heterocycles. The fourth-order valence-corrected chi connectivity index (χ4v) is 4.43. The highest BCUT2D eigenvalue weighted by Gasteiger charge is 2.14. The number of para-hydroxylation sites is 1. The molecule has 6 nitrogen and oxygen atoms in total. The van der Waals surface area contributed by atoms with Gasteiger partial charge in [0.2, 0.25) is 5.91 Å². The maximum Gasteiger partial charge on any atom is 0.230 e. The molecule has 1 saturated heterocycles. The van der Waals surface area contributed by atoms with Crippen molar-refractivity contribution in [2.24, 2.45) is 0 Å². The third kappa shape index (κ3) is 4.97. The van der Waals surface area contributed by atoms with E-state index in [0.29, 0.717) is 12.3 Å². The van der Waals surface area contributed by atoms with E-state index in [-0.39, 0.29) is 12.3 Å². The van der Waals surface area contributed by atoms with Crippen LogP contribution in [0.2, 0.25) is 0 Å². The SMILES string of the molecule is CCOc1ccccc1-c1nc(CC(=O)Nc2ccc(N3CCCCC3)nc2)cs1. The summed E-state index contributed by atoms with van der Waals surface area (Å²) in [5.74, 6) is 1.69. The van der Waals surface area contributed by atoms with Crippen molar-refractivity contribution in [3.8, 4) is 16.3 Å². The van der Waals surface area contributed by atoms with Gasteiger partial charge in [0.25, 0.3) is 0 Å². The molecule has 2 aromatic heterocycles. The van der Waals surface area contributed by atoms with Gasteiger partial charge in [0.1, 0.15) is 16.6 Å². The zero-order valence-corrected chi connectivity index (χ0v) is 18.0. The van der Waals surface area contributed by atoms with Crippen molar-refractivity contribution in [3.63, 3.8) is 0 Å². The minimum Gasteiger partial charge on any atom is -0.493 e. The van der Waals surface area contributed by atoms with E-state index < -0.39 is 0 Å². The van der Waals surface area contributed by atoms with Crippen LogP contribution in [0.3, 0.4) is 0 Å². The van der Waals surface area contributed by atoms with Gasteiger partial charge in [-0.2, -0.15) is 0 Å². The second-order valence-corrected chi connectivity index (χ2v) is 8.11. The largest absolute Gasteiger partial charge is 0.493 e. The first-order chi connectivity index (χ1) is 14.7. The molecule has 1 fully saturated rings. The maximum atomic E-state index is 12.5. The lowest BCUT2D eigenvalue weighted by Crippen LogP contribution is -2.30. The normalized spacial score (nSPS) is 13.8. The van der Waals surface area contributed by atoms with Crippen LogP contribution in [0.4, 0.5) is 11.5 Å². The molecule has 156 valence electrons. The van der Waals surface area contributed by atoms with Gasteiger partial charge in [-0.25, -0.2) is 9.97 Å². The molecule has 30 heavy (non-hydrogen) atoms. The Labute approximate surface area is 180 Å². The van der Waals surface area contributed by atoms with Crippen LogP contribution < -0.4 is 15.0 Å². The predicted molar refractivity (Wildman–Crippen MR) is 121 cm³/mol. The van der Waals surface area contributed by atoms with E-state index in [9.17, 15) is 4.79 Å². The minimum absolute atomic E-state index is 0.0996. The van der Waals surface area contributed by atoms with Crippen molar-refractivity contribution in [2.75, 3.05) is 29.9 Å². The summed E-state index contributed by atoms with van der Waals surface area (Å²) in [5, 5.41) is 5.70. The van der Waals surface area contributed by atoms with Crippen LogP contribution in [0.15, 0.2) is 48.0 Å². The summed E-state index contributed by atoms with van der Waals surface area (Å²) in [4.78, 5) is 23.9. The van der Waals surface area contributed by atoms with Crippen LogP contribution in [0.5, 0.6) is 5.75 Å². The number of nitrogens with zero attached hydrogens (tertiary/aromatic N) is 3. The number of nitrogens with one attached hydrogen (secondary N) is 1. The van der Waals surface area contributed by atoms with Crippen molar-refractivity contribution < 1.29 is 9.53 Å². The van der Waals surface area contributed by atoms with E-state index in [0.717, 1.165) is 40.9 Å². The number of anilines is 2. The van der Waals surface area contributed by atoms with Crippen LogP contribution >= 0.6 is 11.3 Å². The van der Waals surface area contributed by atoms with Crippen LogP contribution in [-0.2, 0) is 11.2 Å². The van der Waals surface area contributed by atoms with Crippen molar-refractivity contribution >= 4 is 28.7 Å². The summed E-state index contributed by atoms with van der Waals surface area (Å²) in [5.41, 5.74) is 2.41. The number of ether oxygens (including phenoxy) is 1. The van der Waals surface area contributed by atoms with Gasteiger partial charge in [-0.3, -0.25) is 4.79 Å². The molecule has 0 bridgehead atoms. The molecule has 0 aliphatic carbocycles. The topological polar surface area (TPSA) is 67.3 Å². The Hall–Kier alpha value is -2.93. The van der Waals surface area contributed by atoms with Gasteiger partial charge in [-0.15, -0.1) is 11.3 Å². The average molecular weight is 423 g/mol. The summed E-state index contributed by atoms with van der Waals surface area (Å²) in [7, 11) is 0. The average Bonchev–Trinajstić information content (AvgIpc) is 3.23. The molecule has 1 amide bonds. The van der Waals surface area contributed by atoms with Gasteiger partial charge in [-0.05, 0) is 50.5 Å². The number of benzene rings is 1.